The fourth-order valence-electron chi connectivity index (χ4n) is 3.33. The summed E-state index contributed by atoms with van der Waals surface area (Å²) >= 11 is 0. The van der Waals surface area contributed by atoms with Gasteiger partial charge >= 0.3 is 11.8 Å². The quantitative estimate of drug-likeness (QED) is 0.355. The van der Waals surface area contributed by atoms with Crippen LogP contribution in [0.2, 0.25) is 0 Å². The Bertz CT molecular complexity index is 1260. The van der Waals surface area contributed by atoms with Crippen molar-refractivity contribution < 1.29 is 35.9 Å². The minimum Gasteiger partial charge on any atom is -0.497 e. The van der Waals surface area contributed by atoms with Gasteiger partial charge in [0.1, 0.15) is 12.0 Å². The van der Waals surface area contributed by atoms with E-state index in [-0.39, 0.29) is 36.0 Å². The summed E-state index contributed by atoms with van der Waals surface area (Å²) in [6.07, 6.45) is -0.611. The van der Waals surface area contributed by atoms with Crippen LogP contribution in [0.25, 0.3) is 0 Å². The molecule has 2 aromatic carbocycles. The van der Waals surface area contributed by atoms with Crippen LogP contribution in [0.3, 0.4) is 0 Å². The zero-order valence-electron chi connectivity index (χ0n) is 18.8. The maximum atomic E-state index is 12.9. The van der Waals surface area contributed by atoms with Crippen LogP contribution in [0.15, 0.2) is 58.3 Å². The molecule has 1 heterocycles. The number of carbonyl (C=O) groups excluding carboxylic acids is 2. The third-order valence-corrected chi connectivity index (χ3v) is 8.04. The molecular weight excluding hydrogens is 500 g/mol. The van der Waals surface area contributed by atoms with Crippen molar-refractivity contribution in [2.45, 2.75) is 22.4 Å². The van der Waals surface area contributed by atoms with Crippen molar-refractivity contribution in [2.24, 2.45) is 5.14 Å². The van der Waals surface area contributed by atoms with Gasteiger partial charge in [-0.05, 0) is 48.4 Å². The van der Waals surface area contributed by atoms with Crippen LogP contribution in [0.5, 0.6) is 5.75 Å². The second-order valence-corrected chi connectivity index (χ2v) is 11.0. The minimum absolute atomic E-state index is 0.0261. The molecule has 0 unspecified atom stereocenters. The molecular formula is C21H26N4O8S2. The number of sulfonamides is 2. The Labute approximate surface area is 203 Å². The van der Waals surface area contributed by atoms with Crippen molar-refractivity contribution >= 4 is 31.9 Å². The molecule has 35 heavy (non-hydrogen) atoms. The van der Waals surface area contributed by atoms with E-state index in [9.17, 15) is 26.4 Å². The lowest BCUT2D eigenvalue weighted by Crippen LogP contribution is -2.47. The van der Waals surface area contributed by atoms with Gasteiger partial charge in [0.25, 0.3) is 0 Å². The Balaban J connectivity index is 1.49. The van der Waals surface area contributed by atoms with Gasteiger partial charge in [-0.25, -0.2) is 22.0 Å². The number of methoxy groups -OCH3 is 1. The number of rotatable bonds is 9. The zero-order valence-corrected chi connectivity index (χ0v) is 20.5. The number of hydrogen-bond acceptors (Lipinski definition) is 8. The van der Waals surface area contributed by atoms with Crippen LogP contribution in [-0.4, -0.2) is 72.5 Å². The van der Waals surface area contributed by atoms with E-state index in [4.69, 9.17) is 14.6 Å². The molecule has 0 bridgehead atoms. The van der Waals surface area contributed by atoms with Gasteiger partial charge in [0.15, 0.2) is 0 Å². The Morgan fingerprint density at radius 1 is 1.00 bits per heavy atom. The first-order valence-corrected chi connectivity index (χ1v) is 13.5. The average molecular weight is 527 g/mol. The largest absolute Gasteiger partial charge is 0.497 e. The summed E-state index contributed by atoms with van der Waals surface area (Å²) < 4.78 is 60.1. The zero-order chi connectivity index (χ0) is 25.6. The van der Waals surface area contributed by atoms with Gasteiger partial charge in [0.2, 0.25) is 20.0 Å². The molecule has 2 amide bonds. The van der Waals surface area contributed by atoms with Crippen LogP contribution in [0.4, 0.5) is 0 Å². The molecule has 14 heteroatoms. The summed E-state index contributed by atoms with van der Waals surface area (Å²) in [5, 5.41) is 9.88. The first-order valence-electron chi connectivity index (χ1n) is 10.5. The van der Waals surface area contributed by atoms with Gasteiger partial charge < -0.3 is 20.1 Å². The summed E-state index contributed by atoms with van der Waals surface area (Å²) in [5.41, 5.74) is 0.733. The Kier molecular flexibility index (Phi) is 8.45. The smallest absolute Gasteiger partial charge is 0.309 e. The highest BCUT2D eigenvalue weighted by atomic mass is 32.2. The molecule has 0 radical (unpaired) electrons. The molecule has 1 aliphatic rings. The number of carbonyl (C=O) groups is 2. The number of ether oxygens (including phenoxy) is 2. The number of nitrogens with two attached hydrogens (primary N) is 1. The van der Waals surface area contributed by atoms with Crippen LogP contribution >= 0.6 is 0 Å². The van der Waals surface area contributed by atoms with Gasteiger partial charge in [-0.2, -0.15) is 4.31 Å². The summed E-state index contributed by atoms with van der Waals surface area (Å²) in [7, 11) is -6.20. The monoisotopic (exact) mass is 526 g/mol. The van der Waals surface area contributed by atoms with Gasteiger partial charge in [0, 0.05) is 13.1 Å². The first-order chi connectivity index (χ1) is 16.5. The third-order valence-electron chi connectivity index (χ3n) is 5.20. The molecule has 190 valence electrons. The lowest BCUT2D eigenvalue weighted by atomic mass is 10.1. The third kappa shape index (κ3) is 6.76. The summed E-state index contributed by atoms with van der Waals surface area (Å²) in [6, 6.07) is 11.7. The Morgan fingerprint density at radius 3 is 2.20 bits per heavy atom. The van der Waals surface area contributed by atoms with Crippen molar-refractivity contribution in [1.29, 1.82) is 0 Å². The fraction of sp³-hybridized carbons (Fsp3) is 0.333. The van der Waals surface area contributed by atoms with E-state index in [1.165, 1.54) is 43.5 Å². The lowest BCUT2D eigenvalue weighted by Gasteiger charge is -2.23. The van der Waals surface area contributed by atoms with E-state index in [1.54, 1.807) is 12.1 Å². The topological polar surface area (TPSA) is 174 Å². The lowest BCUT2D eigenvalue weighted by molar-refractivity contribution is -0.139. The highest BCUT2D eigenvalue weighted by molar-refractivity contribution is 7.89. The number of nitrogens with zero attached hydrogens (tertiary/aromatic N) is 1. The maximum absolute atomic E-state index is 12.9. The Morgan fingerprint density at radius 2 is 1.60 bits per heavy atom. The fourth-order valence-corrected chi connectivity index (χ4v) is 5.36. The van der Waals surface area contributed by atoms with Gasteiger partial charge in [-0.15, -0.1) is 0 Å². The molecule has 1 saturated heterocycles. The summed E-state index contributed by atoms with van der Waals surface area (Å²) in [6.45, 7) is 0.160. The van der Waals surface area contributed by atoms with Gasteiger partial charge in [-0.1, -0.05) is 12.1 Å². The van der Waals surface area contributed by atoms with E-state index < -0.39 is 38.1 Å². The van der Waals surface area contributed by atoms with Crippen LogP contribution in [0, 0.1) is 0 Å². The summed E-state index contributed by atoms with van der Waals surface area (Å²) in [4.78, 5) is 24.3. The molecule has 0 aromatic heterocycles. The van der Waals surface area contributed by atoms with Crippen LogP contribution < -0.4 is 20.5 Å². The number of nitrogens with one attached hydrogen (secondary N) is 2. The van der Waals surface area contributed by atoms with Crippen LogP contribution in [-0.2, 0) is 40.8 Å². The number of primary sulfonamides is 1. The molecule has 0 saturated carbocycles. The highest BCUT2D eigenvalue weighted by Crippen LogP contribution is 2.24. The standard InChI is InChI=1S/C21H26N4O8S2/c1-32-16-4-8-18(9-5-16)35(30,31)25-12-13-33-19(25)14-24-21(27)20(26)23-11-10-15-2-6-17(7-3-15)34(22,28)29/h2-9,19H,10-14H2,1H3,(H,23,26)(H,24,27)(H2,22,28,29)/t19-/m0/s1. The second kappa shape index (κ2) is 11.1. The van der Waals surface area contributed by atoms with E-state index >= 15 is 0 Å². The van der Waals surface area contributed by atoms with Crippen molar-refractivity contribution in [3.05, 3.63) is 54.1 Å². The predicted octanol–water partition coefficient (Wildman–Crippen LogP) is -0.835. The van der Waals surface area contributed by atoms with Crippen molar-refractivity contribution in [1.82, 2.24) is 14.9 Å². The molecule has 12 nitrogen and oxygen atoms in total. The molecule has 3 rings (SSSR count). The predicted molar refractivity (Wildman–Crippen MR) is 124 cm³/mol. The molecule has 1 fully saturated rings. The molecule has 0 aliphatic carbocycles. The SMILES string of the molecule is COc1ccc(S(=O)(=O)N2CCO[C@H]2CNC(=O)C(=O)NCCc2ccc(S(N)(=O)=O)cc2)cc1. The molecule has 0 spiro atoms. The average Bonchev–Trinajstić information content (AvgIpc) is 3.32. The second-order valence-electron chi connectivity index (χ2n) is 7.52. The molecule has 2 aromatic rings. The number of amides is 2. The van der Waals surface area contributed by atoms with Crippen molar-refractivity contribution in [2.75, 3.05) is 33.4 Å². The van der Waals surface area contributed by atoms with Crippen molar-refractivity contribution in [3.8, 4) is 5.75 Å². The summed E-state index contributed by atoms with van der Waals surface area (Å²) in [5.74, 6) is -1.32. The van der Waals surface area contributed by atoms with Crippen LogP contribution in [0.1, 0.15) is 5.56 Å². The van der Waals surface area contributed by atoms with E-state index in [0.29, 0.717) is 12.2 Å². The molecule has 1 atom stereocenters. The number of benzene rings is 2. The first kappa shape index (κ1) is 26.6. The van der Waals surface area contributed by atoms with Gasteiger partial charge in [0.05, 0.1) is 30.1 Å². The normalized spacial score (nSPS) is 16.6. The Hall–Kier alpha value is -3.04. The molecule has 1 aliphatic heterocycles. The maximum Gasteiger partial charge on any atom is 0.309 e. The van der Waals surface area contributed by atoms with Gasteiger partial charge in [-0.3, -0.25) is 9.59 Å². The molecule has 4 N–H and O–H groups in total. The van der Waals surface area contributed by atoms with E-state index in [1.807, 2.05) is 0 Å². The highest BCUT2D eigenvalue weighted by Gasteiger charge is 2.36. The minimum atomic E-state index is -3.88. The van der Waals surface area contributed by atoms with E-state index in [2.05, 4.69) is 10.6 Å². The van der Waals surface area contributed by atoms with Crippen molar-refractivity contribution in [3.63, 3.8) is 0 Å². The number of hydrogen-bond donors (Lipinski definition) is 3. The van der Waals surface area contributed by atoms with E-state index in [0.717, 1.165) is 9.87 Å².